The maximum atomic E-state index is 13.0. The molecule has 0 unspecified atom stereocenters. The first-order valence-electron chi connectivity index (χ1n) is 11.9. The lowest BCUT2D eigenvalue weighted by atomic mass is 10.1. The Morgan fingerprint density at radius 1 is 0.784 bits per heavy atom. The summed E-state index contributed by atoms with van der Waals surface area (Å²) in [5.41, 5.74) is 1.94. The fraction of sp³-hybridized carbons (Fsp3) is 0.172. The monoisotopic (exact) mass is 503 g/mol. The first-order chi connectivity index (χ1) is 17.9. The van der Waals surface area contributed by atoms with Gasteiger partial charge in [0, 0.05) is 43.6 Å². The smallest absolute Gasteiger partial charge is 0.416 e. The highest BCUT2D eigenvalue weighted by Crippen LogP contribution is 2.32. The van der Waals surface area contributed by atoms with E-state index in [0.29, 0.717) is 43.2 Å². The predicted molar refractivity (Wildman–Crippen MR) is 136 cm³/mol. The molecule has 1 saturated heterocycles. The van der Waals surface area contributed by atoms with E-state index in [0.717, 1.165) is 29.1 Å². The van der Waals surface area contributed by atoms with Crippen molar-refractivity contribution in [2.24, 2.45) is 0 Å². The van der Waals surface area contributed by atoms with Crippen LogP contribution in [0.25, 0.3) is 11.3 Å². The number of ether oxygens (including phenoxy) is 1. The van der Waals surface area contributed by atoms with E-state index in [1.54, 1.807) is 29.3 Å². The first-order valence-corrected chi connectivity index (χ1v) is 11.9. The van der Waals surface area contributed by atoms with Crippen molar-refractivity contribution in [1.82, 2.24) is 9.88 Å². The lowest BCUT2D eigenvalue weighted by molar-refractivity contribution is -0.137. The molecule has 4 aromatic rings. The number of halogens is 3. The number of anilines is 1. The molecular formula is C29H24F3N3O2. The van der Waals surface area contributed by atoms with Crippen LogP contribution in [0.2, 0.25) is 0 Å². The highest BCUT2D eigenvalue weighted by atomic mass is 19.4. The Hall–Kier alpha value is -4.33. The Morgan fingerprint density at radius 2 is 1.49 bits per heavy atom. The molecule has 2 heterocycles. The van der Waals surface area contributed by atoms with Gasteiger partial charge in [-0.1, -0.05) is 24.3 Å². The average molecular weight is 504 g/mol. The summed E-state index contributed by atoms with van der Waals surface area (Å²) in [5, 5.41) is 0. The number of benzene rings is 3. The van der Waals surface area contributed by atoms with E-state index in [9.17, 15) is 18.0 Å². The topological polar surface area (TPSA) is 45.7 Å². The van der Waals surface area contributed by atoms with Crippen LogP contribution >= 0.6 is 0 Å². The Balaban J connectivity index is 1.19. The molecule has 0 saturated carbocycles. The molecule has 0 aliphatic carbocycles. The standard InChI is InChI=1S/C29H24F3N3O2/c30-29(31,32)23-5-4-6-24(19-23)34-15-17-35(18-16-34)28(36)22-11-14-27(33-20-22)21-9-12-26(13-10-21)37-25-7-2-1-3-8-25/h1-14,19-20H,15-18H2. The molecule has 0 radical (unpaired) electrons. The van der Waals surface area contributed by atoms with Gasteiger partial charge in [-0.3, -0.25) is 9.78 Å². The Labute approximate surface area is 212 Å². The third-order valence-electron chi connectivity index (χ3n) is 6.24. The quantitative estimate of drug-likeness (QED) is 0.311. The second-order valence-electron chi connectivity index (χ2n) is 8.70. The number of pyridine rings is 1. The summed E-state index contributed by atoms with van der Waals surface area (Å²) in [7, 11) is 0. The lowest BCUT2D eigenvalue weighted by Crippen LogP contribution is -2.48. The Bertz CT molecular complexity index is 1350. The fourth-order valence-corrected chi connectivity index (χ4v) is 4.24. The Morgan fingerprint density at radius 3 is 2.14 bits per heavy atom. The van der Waals surface area contributed by atoms with E-state index in [4.69, 9.17) is 4.74 Å². The number of amides is 1. The maximum Gasteiger partial charge on any atom is 0.416 e. The number of alkyl halides is 3. The molecule has 0 bridgehead atoms. The van der Waals surface area contributed by atoms with Crippen LogP contribution in [-0.2, 0) is 6.18 Å². The van der Waals surface area contributed by atoms with Gasteiger partial charge in [-0.15, -0.1) is 0 Å². The van der Waals surface area contributed by atoms with Crippen molar-refractivity contribution in [2.45, 2.75) is 6.18 Å². The van der Waals surface area contributed by atoms with E-state index < -0.39 is 11.7 Å². The van der Waals surface area contributed by atoms with Crippen molar-refractivity contribution >= 4 is 11.6 Å². The number of para-hydroxylation sites is 1. The van der Waals surface area contributed by atoms with Crippen LogP contribution in [0.3, 0.4) is 0 Å². The first kappa shape index (κ1) is 24.4. The number of aromatic nitrogens is 1. The third-order valence-corrected chi connectivity index (χ3v) is 6.24. The van der Waals surface area contributed by atoms with Gasteiger partial charge in [-0.25, -0.2) is 0 Å². The molecule has 0 atom stereocenters. The van der Waals surface area contributed by atoms with Crippen molar-refractivity contribution in [2.75, 3.05) is 31.1 Å². The van der Waals surface area contributed by atoms with E-state index in [1.165, 1.54) is 6.07 Å². The minimum absolute atomic E-state index is 0.144. The van der Waals surface area contributed by atoms with E-state index in [1.807, 2.05) is 59.5 Å². The highest BCUT2D eigenvalue weighted by molar-refractivity contribution is 5.94. The fourth-order valence-electron chi connectivity index (χ4n) is 4.24. The summed E-state index contributed by atoms with van der Waals surface area (Å²) in [5.74, 6) is 1.33. The summed E-state index contributed by atoms with van der Waals surface area (Å²) in [6, 6.07) is 25.9. The molecule has 8 heteroatoms. The van der Waals surface area contributed by atoms with Crippen LogP contribution < -0.4 is 9.64 Å². The molecule has 1 aromatic heterocycles. The van der Waals surface area contributed by atoms with Gasteiger partial charge < -0.3 is 14.5 Å². The predicted octanol–water partition coefficient (Wildman–Crippen LogP) is 6.52. The summed E-state index contributed by atoms with van der Waals surface area (Å²) in [6.07, 6.45) is -2.82. The number of piperazine rings is 1. The molecule has 1 aliphatic rings. The van der Waals surface area contributed by atoms with Gasteiger partial charge in [0.15, 0.2) is 0 Å². The molecule has 1 fully saturated rings. The van der Waals surface area contributed by atoms with Gasteiger partial charge in [-0.2, -0.15) is 13.2 Å². The molecule has 0 spiro atoms. The molecule has 188 valence electrons. The van der Waals surface area contributed by atoms with E-state index in [2.05, 4.69) is 4.98 Å². The minimum atomic E-state index is -4.38. The SMILES string of the molecule is O=C(c1ccc(-c2ccc(Oc3ccccc3)cc2)nc1)N1CCN(c2cccc(C(F)(F)F)c2)CC1. The number of nitrogens with zero attached hydrogens (tertiary/aromatic N) is 3. The molecule has 3 aromatic carbocycles. The van der Waals surface area contributed by atoms with Crippen molar-refractivity contribution in [1.29, 1.82) is 0 Å². The van der Waals surface area contributed by atoms with Crippen LogP contribution in [-0.4, -0.2) is 42.0 Å². The lowest BCUT2D eigenvalue weighted by Gasteiger charge is -2.36. The van der Waals surface area contributed by atoms with Gasteiger partial charge in [0.25, 0.3) is 5.91 Å². The molecule has 5 rings (SSSR count). The largest absolute Gasteiger partial charge is 0.457 e. The van der Waals surface area contributed by atoms with Crippen LogP contribution in [0.5, 0.6) is 11.5 Å². The Kier molecular flexibility index (Phi) is 6.81. The number of hydrogen-bond acceptors (Lipinski definition) is 4. The number of rotatable bonds is 5. The molecule has 1 amide bonds. The molecule has 37 heavy (non-hydrogen) atoms. The maximum absolute atomic E-state index is 13.0. The van der Waals surface area contributed by atoms with Crippen molar-refractivity contribution in [3.05, 3.63) is 108 Å². The third kappa shape index (κ3) is 5.74. The second-order valence-corrected chi connectivity index (χ2v) is 8.70. The van der Waals surface area contributed by atoms with Gasteiger partial charge in [-0.05, 0) is 66.7 Å². The van der Waals surface area contributed by atoms with Gasteiger partial charge in [0.05, 0.1) is 16.8 Å². The van der Waals surface area contributed by atoms with E-state index >= 15 is 0 Å². The molecule has 5 nitrogen and oxygen atoms in total. The van der Waals surface area contributed by atoms with Crippen molar-refractivity contribution in [3.63, 3.8) is 0 Å². The van der Waals surface area contributed by atoms with Gasteiger partial charge in [0.2, 0.25) is 0 Å². The minimum Gasteiger partial charge on any atom is -0.457 e. The van der Waals surface area contributed by atoms with Crippen molar-refractivity contribution < 1.29 is 22.7 Å². The second kappa shape index (κ2) is 10.3. The summed E-state index contributed by atoms with van der Waals surface area (Å²) in [6.45, 7) is 1.74. The van der Waals surface area contributed by atoms with Crippen molar-refractivity contribution in [3.8, 4) is 22.8 Å². The number of carbonyl (C=O) groups excluding carboxylic acids is 1. The normalized spacial score (nSPS) is 13.9. The van der Waals surface area contributed by atoms with Crippen LogP contribution in [0, 0.1) is 0 Å². The summed E-state index contributed by atoms with van der Waals surface area (Å²) in [4.78, 5) is 21.0. The van der Waals surface area contributed by atoms with Crippen LogP contribution in [0.4, 0.5) is 18.9 Å². The van der Waals surface area contributed by atoms with Gasteiger partial charge in [0.1, 0.15) is 11.5 Å². The van der Waals surface area contributed by atoms with Crippen LogP contribution in [0.1, 0.15) is 15.9 Å². The zero-order valence-corrected chi connectivity index (χ0v) is 19.9. The van der Waals surface area contributed by atoms with Crippen LogP contribution in [0.15, 0.2) is 97.2 Å². The summed E-state index contributed by atoms with van der Waals surface area (Å²) < 4.78 is 44.9. The molecule has 1 aliphatic heterocycles. The zero-order chi connectivity index (χ0) is 25.8. The average Bonchev–Trinajstić information content (AvgIpc) is 2.93. The number of hydrogen-bond donors (Lipinski definition) is 0. The molecular weight excluding hydrogens is 479 g/mol. The van der Waals surface area contributed by atoms with Gasteiger partial charge >= 0.3 is 6.18 Å². The number of carbonyl (C=O) groups is 1. The molecule has 0 N–H and O–H groups in total. The summed E-state index contributed by atoms with van der Waals surface area (Å²) >= 11 is 0. The highest BCUT2D eigenvalue weighted by Gasteiger charge is 2.31. The zero-order valence-electron chi connectivity index (χ0n) is 19.9. The van der Waals surface area contributed by atoms with E-state index in [-0.39, 0.29) is 5.91 Å².